The fourth-order valence-electron chi connectivity index (χ4n) is 3.01. The van der Waals surface area contributed by atoms with Gasteiger partial charge in [0.05, 0.1) is 31.3 Å². The van der Waals surface area contributed by atoms with Crippen LogP contribution in [-0.4, -0.2) is 28.5 Å². The molecule has 4 aromatic rings. The van der Waals surface area contributed by atoms with Gasteiger partial charge in [0.2, 0.25) is 0 Å². The van der Waals surface area contributed by atoms with Gasteiger partial charge in [0.15, 0.2) is 0 Å². The quantitative estimate of drug-likeness (QED) is 0.249. The molecule has 0 aliphatic heterocycles. The van der Waals surface area contributed by atoms with E-state index in [1.807, 2.05) is 67.6 Å². The van der Waals surface area contributed by atoms with Crippen molar-refractivity contribution < 1.29 is 14.0 Å². The summed E-state index contributed by atoms with van der Waals surface area (Å²) in [6.45, 7) is 2.61. The lowest BCUT2D eigenvalue weighted by Gasteiger charge is -2.07. The third-order valence-corrected chi connectivity index (χ3v) is 4.87. The first kappa shape index (κ1) is 18.5. The highest BCUT2D eigenvalue weighted by atomic mass is 32.2. The second-order valence-electron chi connectivity index (χ2n) is 5.92. The number of benzene rings is 2. The molecule has 2 heterocycles. The van der Waals surface area contributed by atoms with Crippen molar-refractivity contribution in [3.63, 3.8) is 0 Å². The highest BCUT2D eigenvalue weighted by molar-refractivity contribution is 7.94. The highest BCUT2D eigenvalue weighted by Gasteiger charge is 2.17. The standard InChI is InChI=1S/C21H19N3O3S/c1-3-26-17-10-6-16(7-11-17)21-20(19-5-4-14-22-24(19)23-21)15-8-12-18(13-9-15)28-27-25-2/h4-14H,3H2,1-2H3. The molecular formula is C21H19N3O3S. The van der Waals surface area contributed by atoms with E-state index >= 15 is 0 Å². The number of hydrogen-bond acceptors (Lipinski definition) is 6. The molecule has 7 heteroatoms. The van der Waals surface area contributed by atoms with Gasteiger partial charge >= 0.3 is 0 Å². The summed E-state index contributed by atoms with van der Waals surface area (Å²) in [7, 11) is 1.48. The van der Waals surface area contributed by atoms with Crippen LogP contribution in [-0.2, 0) is 9.22 Å². The van der Waals surface area contributed by atoms with Crippen LogP contribution in [0.2, 0.25) is 0 Å². The first-order chi connectivity index (χ1) is 13.8. The summed E-state index contributed by atoms with van der Waals surface area (Å²) in [6.07, 6.45) is 1.73. The molecule has 0 atom stereocenters. The molecule has 28 heavy (non-hydrogen) atoms. The van der Waals surface area contributed by atoms with E-state index in [2.05, 4.69) is 9.99 Å². The average molecular weight is 393 g/mol. The van der Waals surface area contributed by atoms with Crippen LogP contribution < -0.4 is 4.74 Å². The molecule has 0 bridgehead atoms. The number of aromatic nitrogens is 3. The van der Waals surface area contributed by atoms with Crippen molar-refractivity contribution in [2.45, 2.75) is 11.8 Å². The Balaban J connectivity index is 1.79. The smallest absolute Gasteiger partial charge is 0.119 e. The molecule has 0 unspecified atom stereocenters. The number of ether oxygens (including phenoxy) is 1. The van der Waals surface area contributed by atoms with Gasteiger partial charge in [-0.3, -0.25) is 0 Å². The van der Waals surface area contributed by atoms with Crippen LogP contribution in [0.3, 0.4) is 0 Å². The Morgan fingerprint density at radius 3 is 2.43 bits per heavy atom. The lowest BCUT2D eigenvalue weighted by atomic mass is 10.00. The fraction of sp³-hybridized carbons (Fsp3) is 0.143. The van der Waals surface area contributed by atoms with Crippen LogP contribution in [0.25, 0.3) is 27.9 Å². The summed E-state index contributed by atoms with van der Waals surface area (Å²) in [5.74, 6) is 0.842. The zero-order valence-corrected chi connectivity index (χ0v) is 16.3. The minimum Gasteiger partial charge on any atom is -0.494 e. The zero-order valence-electron chi connectivity index (χ0n) is 15.5. The van der Waals surface area contributed by atoms with Crippen molar-refractivity contribution in [2.24, 2.45) is 0 Å². The summed E-state index contributed by atoms with van der Waals surface area (Å²) < 4.78 is 12.1. The first-order valence-electron chi connectivity index (χ1n) is 8.85. The zero-order chi connectivity index (χ0) is 19.3. The second-order valence-corrected chi connectivity index (χ2v) is 6.70. The van der Waals surface area contributed by atoms with Gasteiger partial charge in [-0.1, -0.05) is 12.1 Å². The normalized spacial score (nSPS) is 11.1. The second kappa shape index (κ2) is 8.43. The highest BCUT2D eigenvalue weighted by Crippen LogP contribution is 2.36. The lowest BCUT2D eigenvalue weighted by Crippen LogP contribution is -1.92. The molecule has 2 aromatic carbocycles. The summed E-state index contributed by atoms with van der Waals surface area (Å²) in [6, 6.07) is 20.0. The lowest BCUT2D eigenvalue weighted by molar-refractivity contribution is -0.160. The minimum absolute atomic E-state index is 0.639. The molecule has 6 nitrogen and oxygen atoms in total. The molecule has 2 aromatic heterocycles. The molecule has 0 fully saturated rings. The van der Waals surface area contributed by atoms with Crippen LogP contribution in [0.4, 0.5) is 0 Å². The Bertz CT molecular complexity index is 1060. The summed E-state index contributed by atoms with van der Waals surface area (Å²) in [5.41, 5.74) is 4.90. The van der Waals surface area contributed by atoms with E-state index in [0.29, 0.717) is 6.61 Å². The number of fused-ring (bicyclic) bond motifs is 1. The van der Waals surface area contributed by atoms with E-state index < -0.39 is 0 Å². The van der Waals surface area contributed by atoms with Gasteiger partial charge < -0.3 is 4.74 Å². The largest absolute Gasteiger partial charge is 0.494 e. The van der Waals surface area contributed by atoms with Gasteiger partial charge in [-0.05, 0) is 61.0 Å². The maximum absolute atomic E-state index is 5.55. The van der Waals surface area contributed by atoms with Crippen LogP contribution in [0.15, 0.2) is 71.8 Å². The third kappa shape index (κ3) is 3.73. The summed E-state index contributed by atoms with van der Waals surface area (Å²) in [5, 5.41) is 9.08. The predicted octanol–water partition coefficient (Wildman–Crippen LogP) is 5.05. The molecule has 0 amide bonds. The predicted molar refractivity (Wildman–Crippen MR) is 109 cm³/mol. The van der Waals surface area contributed by atoms with Crippen molar-refractivity contribution in [1.82, 2.24) is 14.8 Å². The molecule has 0 aliphatic rings. The molecule has 4 rings (SSSR count). The number of nitrogens with zero attached hydrogens (tertiary/aromatic N) is 3. The first-order valence-corrected chi connectivity index (χ1v) is 9.59. The van der Waals surface area contributed by atoms with Crippen LogP contribution in [0, 0.1) is 0 Å². The van der Waals surface area contributed by atoms with Gasteiger partial charge in [0.25, 0.3) is 0 Å². The van der Waals surface area contributed by atoms with Crippen molar-refractivity contribution in [3.05, 3.63) is 66.9 Å². The Labute approximate surface area is 167 Å². The Hall–Kier alpha value is -2.87. The maximum Gasteiger partial charge on any atom is 0.119 e. The van der Waals surface area contributed by atoms with Gasteiger partial charge in [-0.15, -0.1) is 5.10 Å². The van der Waals surface area contributed by atoms with Crippen molar-refractivity contribution in [1.29, 1.82) is 0 Å². The summed E-state index contributed by atoms with van der Waals surface area (Å²) in [4.78, 5) is 5.59. The van der Waals surface area contributed by atoms with Crippen LogP contribution in [0.1, 0.15) is 6.92 Å². The summed E-state index contributed by atoms with van der Waals surface area (Å²) >= 11 is 1.17. The van der Waals surface area contributed by atoms with Crippen LogP contribution in [0.5, 0.6) is 5.75 Å². The van der Waals surface area contributed by atoms with E-state index in [0.717, 1.165) is 38.5 Å². The molecular weight excluding hydrogens is 374 g/mol. The Kier molecular flexibility index (Phi) is 5.57. The van der Waals surface area contributed by atoms with Crippen molar-refractivity contribution in [2.75, 3.05) is 13.7 Å². The van der Waals surface area contributed by atoms with Gasteiger partial charge in [-0.2, -0.15) is 14.1 Å². The van der Waals surface area contributed by atoms with E-state index in [-0.39, 0.29) is 0 Å². The van der Waals surface area contributed by atoms with E-state index in [1.165, 1.54) is 19.2 Å². The molecule has 0 saturated heterocycles. The van der Waals surface area contributed by atoms with Crippen molar-refractivity contribution >= 4 is 17.6 Å². The molecule has 0 N–H and O–H groups in total. The third-order valence-electron chi connectivity index (χ3n) is 4.20. The fourth-order valence-corrected chi connectivity index (χ4v) is 3.40. The van der Waals surface area contributed by atoms with Gasteiger partial charge in [0.1, 0.15) is 11.4 Å². The molecule has 142 valence electrons. The number of rotatable bonds is 7. The average Bonchev–Trinajstić information content (AvgIpc) is 3.13. The molecule has 0 aliphatic carbocycles. The maximum atomic E-state index is 5.55. The van der Waals surface area contributed by atoms with Gasteiger partial charge in [-0.25, -0.2) is 4.89 Å². The van der Waals surface area contributed by atoms with Crippen LogP contribution >= 0.6 is 12.0 Å². The molecule has 0 radical (unpaired) electrons. The molecule has 0 spiro atoms. The minimum atomic E-state index is 0.639. The van der Waals surface area contributed by atoms with Crippen molar-refractivity contribution in [3.8, 4) is 28.1 Å². The van der Waals surface area contributed by atoms with E-state index in [9.17, 15) is 0 Å². The Morgan fingerprint density at radius 1 is 0.964 bits per heavy atom. The van der Waals surface area contributed by atoms with E-state index in [4.69, 9.17) is 14.2 Å². The van der Waals surface area contributed by atoms with E-state index in [1.54, 1.807) is 10.8 Å². The Morgan fingerprint density at radius 2 is 1.71 bits per heavy atom. The monoisotopic (exact) mass is 393 g/mol. The molecule has 0 saturated carbocycles. The van der Waals surface area contributed by atoms with Gasteiger partial charge in [0, 0.05) is 22.2 Å². The SMILES string of the molecule is CCOc1ccc(-c2nn3ncccc3c2-c2ccc(SOOC)cc2)cc1. The topological polar surface area (TPSA) is 57.9 Å². The number of hydrogen-bond donors (Lipinski definition) is 0.